The molecule has 1 fully saturated rings. The van der Waals surface area contributed by atoms with Crippen molar-refractivity contribution in [3.05, 3.63) is 83.4 Å². The second-order valence-corrected chi connectivity index (χ2v) is 9.63. The molecule has 37 heavy (non-hydrogen) atoms. The Morgan fingerprint density at radius 1 is 0.919 bits per heavy atom. The minimum Gasteiger partial charge on any atom is -0.497 e. The molecule has 0 aromatic heterocycles. The molecule has 1 amide bonds. The molecular formula is C29H31NO7. The lowest BCUT2D eigenvalue weighted by Gasteiger charge is -2.41. The number of aliphatic hydroxyl groups is 2. The summed E-state index contributed by atoms with van der Waals surface area (Å²) >= 11 is 0. The molecule has 1 heterocycles. The van der Waals surface area contributed by atoms with E-state index in [-0.39, 0.29) is 17.2 Å². The van der Waals surface area contributed by atoms with Crippen LogP contribution in [0.1, 0.15) is 22.6 Å². The van der Waals surface area contributed by atoms with Crippen LogP contribution in [0.3, 0.4) is 0 Å². The Labute approximate surface area is 216 Å². The molecule has 0 unspecified atom stereocenters. The highest BCUT2D eigenvalue weighted by Crippen LogP contribution is 2.70. The summed E-state index contributed by atoms with van der Waals surface area (Å²) in [6.07, 6.45) is -1.53. The van der Waals surface area contributed by atoms with Gasteiger partial charge in [0.05, 0.1) is 32.8 Å². The molecule has 0 radical (unpaired) electrons. The molecule has 0 spiro atoms. The lowest BCUT2D eigenvalue weighted by molar-refractivity contribution is -0.156. The van der Waals surface area contributed by atoms with Crippen LogP contribution in [0, 0.1) is 5.92 Å². The van der Waals surface area contributed by atoms with Crippen molar-refractivity contribution in [1.82, 2.24) is 4.90 Å². The highest BCUT2D eigenvalue weighted by Gasteiger charge is 2.78. The molecule has 1 saturated carbocycles. The van der Waals surface area contributed by atoms with E-state index in [1.807, 2.05) is 30.3 Å². The van der Waals surface area contributed by atoms with Crippen LogP contribution in [-0.2, 0) is 16.0 Å². The number of nitrogens with zero attached hydrogens (tertiary/aromatic N) is 1. The zero-order valence-corrected chi connectivity index (χ0v) is 21.5. The molecule has 1 aliphatic heterocycles. The SMILES string of the molecule is COc1ccc([C@]23Oc4cc(OC)cc(OC)c4[C@]2(O)[C@H](O)[C@H](C(=O)N(C)C)[C@@H]3c2ccccc2)cc1. The molecule has 194 valence electrons. The summed E-state index contributed by atoms with van der Waals surface area (Å²) in [5, 5.41) is 24.8. The third kappa shape index (κ3) is 3.32. The van der Waals surface area contributed by atoms with E-state index in [1.54, 1.807) is 57.6 Å². The van der Waals surface area contributed by atoms with Gasteiger partial charge in [-0.25, -0.2) is 0 Å². The van der Waals surface area contributed by atoms with Gasteiger partial charge in [0.25, 0.3) is 0 Å². The summed E-state index contributed by atoms with van der Waals surface area (Å²) in [5.41, 5.74) is -2.04. The number of ether oxygens (including phenoxy) is 4. The number of aliphatic hydroxyl groups excluding tert-OH is 1. The van der Waals surface area contributed by atoms with Crippen LogP contribution in [-0.4, -0.2) is 62.5 Å². The number of carbonyl (C=O) groups is 1. The van der Waals surface area contributed by atoms with Gasteiger partial charge < -0.3 is 34.1 Å². The molecular weight excluding hydrogens is 474 g/mol. The third-order valence-corrected chi connectivity index (χ3v) is 7.68. The third-order valence-electron chi connectivity index (χ3n) is 7.68. The fraction of sp³-hybridized carbons (Fsp3) is 0.345. The Kier molecular flexibility index (Phi) is 6.04. The summed E-state index contributed by atoms with van der Waals surface area (Å²) < 4.78 is 23.3. The van der Waals surface area contributed by atoms with Gasteiger partial charge in [0.15, 0.2) is 11.2 Å². The van der Waals surface area contributed by atoms with Crippen molar-refractivity contribution < 1.29 is 34.0 Å². The zero-order chi connectivity index (χ0) is 26.5. The van der Waals surface area contributed by atoms with Crippen LogP contribution in [0.5, 0.6) is 23.0 Å². The van der Waals surface area contributed by atoms with E-state index in [0.717, 1.165) is 5.56 Å². The van der Waals surface area contributed by atoms with E-state index >= 15 is 0 Å². The monoisotopic (exact) mass is 505 g/mol. The lowest BCUT2D eigenvalue weighted by atomic mass is 9.70. The smallest absolute Gasteiger partial charge is 0.228 e. The normalized spacial score (nSPS) is 27.6. The van der Waals surface area contributed by atoms with E-state index in [0.29, 0.717) is 22.8 Å². The summed E-state index contributed by atoms with van der Waals surface area (Å²) in [4.78, 5) is 15.1. The minimum absolute atomic E-state index is 0.272. The van der Waals surface area contributed by atoms with Crippen LogP contribution in [0.15, 0.2) is 66.7 Å². The first-order valence-corrected chi connectivity index (χ1v) is 12.0. The molecule has 0 saturated heterocycles. The minimum atomic E-state index is -2.05. The maximum absolute atomic E-state index is 13.7. The molecule has 1 aliphatic carbocycles. The van der Waals surface area contributed by atoms with Crippen LogP contribution < -0.4 is 18.9 Å². The number of amides is 1. The highest BCUT2D eigenvalue weighted by molar-refractivity contribution is 5.83. The molecule has 8 heteroatoms. The first-order chi connectivity index (χ1) is 17.7. The summed E-state index contributed by atoms with van der Waals surface area (Å²) in [7, 11) is 7.84. The number of hydrogen-bond acceptors (Lipinski definition) is 7. The van der Waals surface area contributed by atoms with E-state index in [2.05, 4.69) is 0 Å². The summed E-state index contributed by atoms with van der Waals surface area (Å²) in [6, 6.07) is 19.8. The van der Waals surface area contributed by atoms with Crippen molar-refractivity contribution in [1.29, 1.82) is 0 Å². The molecule has 2 aliphatic rings. The Morgan fingerprint density at radius 3 is 2.14 bits per heavy atom. The van der Waals surface area contributed by atoms with E-state index in [9.17, 15) is 15.0 Å². The van der Waals surface area contributed by atoms with Crippen LogP contribution in [0.2, 0.25) is 0 Å². The molecule has 3 aromatic rings. The van der Waals surface area contributed by atoms with Gasteiger partial charge in [-0.2, -0.15) is 0 Å². The predicted molar refractivity (Wildman–Crippen MR) is 136 cm³/mol. The van der Waals surface area contributed by atoms with Crippen molar-refractivity contribution in [3.63, 3.8) is 0 Å². The highest BCUT2D eigenvalue weighted by atomic mass is 16.5. The number of fused-ring (bicyclic) bond motifs is 3. The fourth-order valence-corrected chi connectivity index (χ4v) is 6.08. The van der Waals surface area contributed by atoms with Crippen molar-refractivity contribution in [3.8, 4) is 23.0 Å². The van der Waals surface area contributed by atoms with Gasteiger partial charge >= 0.3 is 0 Å². The van der Waals surface area contributed by atoms with Gasteiger partial charge in [-0.05, 0) is 23.3 Å². The van der Waals surface area contributed by atoms with Crippen LogP contribution in [0.25, 0.3) is 0 Å². The molecule has 0 bridgehead atoms. The fourth-order valence-electron chi connectivity index (χ4n) is 6.08. The zero-order valence-electron chi connectivity index (χ0n) is 21.5. The Bertz CT molecular complexity index is 1310. The molecule has 5 atom stereocenters. The van der Waals surface area contributed by atoms with Gasteiger partial charge in [0.1, 0.15) is 29.1 Å². The average Bonchev–Trinajstić information content (AvgIpc) is 3.30. The van der Waals surface area contributed by atoms with Crippen molar-refractivity contribution in [2.75, 3.05) is 35.4 Å². The number of rotatable bonds is 6. The van der Waals surface area contributed by atoms with Gasteiger partial charge in [-0.1, -0.05) is 42.5 Å². The van der Waals surface area contributed by atoms with Gasteiger partial charge in [-0.3, -0.25) is 4.79 Å². The second kappa shape index (κ2) is 8.97. The lowest BCUT2D eigenvalue weighted by Crippen LogP contribution is -2.52. The number of methoxy groups -OCH3 is 3. The topological polar surface area (TPSA) is 97.7 Å². The number of carbonyl (C=O) groups excluding carboxylic acids is 1. The quantitative estimate of drug-likeness (QED) is 0.532. The van der Waals surface area contributed by atoms with E-state index in [4.69, 9.17) is 18.9 Å². The molecule has 8 nitrogen and oxygen atoms in total. The first-order valence-electron chi connectivity index (χ1n) is 12.0. The average molecular weight is 506 g/mol. The Morgan fingerprint density at radius 2 is 1.57 bits per heavy atom. The Balaban J connectivity index is 1.88. The molecule has 2 N–H and O–H groups in total. The van der Waals surface area contributed by atoms with Crippen molar-refractivity contribution in [2.24, 2.45) is 5.92 Å². The predicted octanol–water partition coefficient (Wildman–Crippen LogP) is 3.05. The maximum Gasteiger partial charge on any atom is 0.228 e. The number of benzene rings is 3. The first kappa shape index (κ1) is 24.9. The van der Waals surface area contributed by atoms with Gasteiger partial charge in [-0.15, -0.1) is 0 Å². The largest absolute Gasteiger partial charge is 0.497 e. The Hall–Kier alpha value is -3.75. The van der Waals surface area contributed by atoms with E-state index in [1.165, 1.54) is 19.1 Å². The maximum atomic E-state index is 13.7. The van der Waals surface area contributed by atoms with Crippen molar-refractivity contribution in [2.45, 2.75) is 23.2 Å². The van der Waals surface area contributed by atoms with Crippen LogP contribution in [0.4, 0.5) is 0 Å². The van der Waals surface area contributed by atoms with Crippen molar-refractivity contribution >= 4 is 5.91 Å². The van der Waals surface area contributed by atoms with Crippen LogP contribution >= 0.6 is 0 Å². The summed E-state index contributed by atoms with van der Waals surface area (Å²) in [5.74, 6) is -0.426. The number of hydrogen-bond donors (Lipinski definition) is 2. The molecule has 5 rings (SSSR count). The van der Waals surface area contributed by atoms with Gasteiger partial charge in [0.2, 0.25) is 5.91 Å². The second-order valence-electron chi connectivity index (χ2n) is 9.63. The van der Waals surface area contributed by atoms with E-state index < -0.39 is 29.1 Å². The standard InChI is InChI=1S/C29H31NO7/c1-30(2)27(32)23-24(17-9-7-6-8-10-17)29(18-11-13-19(34-3)14-12-18)28(33,26(23)31)25-21(36-5)15-20(35-4)16-22(25)37-29/h6-16,23-24,26,31,33H,1-5H3/t23-,24+,26-,28+,29-/m1/s1. The summed E-state index contributed by atoms with van der Waals surface area (Å²) in [6.45, 7) is 0. The van der Waals surface area contributed by atoms with Gasteiger partial charge in [0, 0.05) is 32.1 Å². The molecule has 3 aromatic carbocycles.